The Balaban J connectivity index is 1.31. The van der Waals surface area contributed by atoms with Crippen LogP contribution in [0.25, 0.3) is 5.32 Å². The molecule has 9 heteroatoms. The summed E-state index contributed by atoms with van der Waals surface area (Å²) in [4.78, 5) is 33.9. The molecule has 2 amide bonds. The fourth-order valence-corrected chi connectivity index (χ4v) is 4.15. The maximum atomic E-state index is 12.0. The average molecular weight is 452 g/mol. The summed E-state index contributed by atoms with van der Waals surface area (Å²) in [6.45, 7) is 10.5. The van der Waals surface area contributed by atoms with Crippen LogP contribution in [0.15, 0.2) is 53.7 Å². The summed E-state index contributed by atoms with van der Waals surface area (Å²) in [5.74, 6) is 0.633. The summed E-state index contributed by atoms with van der Waals surface area (Å²) in [5, 5.41) is 7.88. The first-order valence-corrected chi connectivity index (χ1v) is 11.3. The van der Waals surface area contributed by atoms with Crippen molar-refractivity contribution >= 4 is 17.8 Å². The molecule has 1 aromatic rings. The van der Waals surface area contributed by atoms with E-state index in [0.717, 1.165) is 30.8 Å². The lowest BCUT2D eigenvalue weighted by Gasteiger charge is -2.43. The molecule has 2 fully saturated rings. The second kappa shape index (κ2) is 9.76. The van der Waals surface area contributed by atoms with Gasteiger partial charge in [0.15, 0.2) is 0 Å². The van der Waals surface area contributed by atoms with Gasteiger partial charge in [-0.1, -0.05) is 30.8 Å². The van der Waals surface area contributed by atoms with E-state index in [4.69, 9.17) is 4.74 Å². The molecule has 1 aromatic carbocycles. The zero-order valence-corrected chi connectivity index (χ0v) is 19.4. The summed E-state index contributed by atoms with van der Waals surface area (Å²) in [7, 11) is 2.09. The van der Waals surface area contributed by atoms with Gasteiger partial charge in [-0.3, -0.25) is 19.6 Å². The predicted octanol–water partition coefficient (Wildman–Crippen LogP) is 2.59. The molecule has 9 nitrogen and oxygen atoms in total. The Labute approximate surface area is 194 Å². The van der Waals surface area contributed by atoms with Crippen molar-refractivity contribution < 1.29 is 14.3 Å². The quantitative estimate of drug-likeness (QED) is 0.614. The fourth-order valence-electron chi connectivity index (χ4n) is 4.15. The molecule has 3 aliphatic rings. The molecule has 1 unspecified atom stereocenters. The monoisotopic (exact) mass is 451 g/mol. The lowest BCUT2D eigenvalue weighted by molar-refractivity contribution is -0.132. The Kier molecular flexibility index (Phi) is 6.80. The molecule has 3 heterocycles. The number of aliphatic imine (C=N–C) groups is 1. The Morgan fingerprint density at radius 3 is 2.79 bits per heavy atom. The number of hydrogen-bond donors (Lipinski definition) is 1. The second-order valence-corrected chi connectivity index (χ2v) is 8.57. The van der Waals surface area contributed by atoms with Gasteiger partial charge in [0.1, 0.15) is 12.4 Å². The highest BCUT2D eigenvalue weighted by Crippen LogP contribution is 2.24. The van der Waals surface area contributed by atoms with Crippen molar-refractivity contribution in [3.63, 3.8) is 0 Å². The van der Waals surface area contributed by atoms with Crippen molar-refractivity contribution in [3.05, 3.63) is 65.1 Å². The highest BCUT2D eigenvalue weighted by atomic mass is 16.6. The van der Waals surface area contributed by atoms with Crippen molar-refractivity contribution in [2.24, 2.45) is 4.99 Å². The molecule has 0 bridgehead atoms. The lowest BCUT2D eigenvalue weighted by Crippen LogP contribution is -2.59. The number of benzene rings is 1. The van der Waals surface area contributed by atoms with Gasteiger partial charge in [0.2, 0.25) is 5.91 Å². The van der Waals surface area contributed by atoms with Crippen LogP contribution in [-0.2, 0) is 16.1 Å². The van der Waals surface area contributed by atoms with Gasteiger partial charge >= 0.3 is 6.09 Å². The zero-order chi connectivity index (χ0) is 23.5. The largest absolute Gasteiger partial charge is 0.657 e. The number of nitrogens with zero attached hydrogens (tertiary/aromatic N) is 5. The van der Waals surface area contributed by atoms with Crippen LogP contribution >= 0.6 is 0 Å². The van der Waals surface area contributed by atoms with E-state index in [0.29, 0.717) is 18.4 Å². The first kappa shape index (κ1) is 23.0. The summed E-state index contributed by atoms with van der Waals surface area (Å²) in [6.07, 6.45) is 2.29. The third kappa shape index (κ3) is 4.94. The van der Waals surface area contributed by atoms with Crippen molar-refractivity contribution in [2.75, 3.05) is 33.3 Å². The number of nitrogens with one attached hydrogen (secondary N) is 1. The number of likely N-dealkylation sites (N-methyl/N-ethyl adjacent to an activating group) is 2. The number of cyclic esters (lactones) is 1. The van der Waals surface area contributed by atoms with E-state index >= 15 is 0 Å². The van der Waals surface area contributed by atoms with Crippen molar-refractivity contribution in [3.8, 4) is 0 Å². The SMILES string of the molecule is C=CC(=O)N1CC(N(C)Cc2ccc([C@H](C)NC3N=C4C(=C[N-]3)COC(=O)N4CC)cc2)C1. The highest BCUT2D eigenvalue weighted by molar-refractivity contribution is 6.09. The van der Waals surface area contributed by atoms with Gasteiger partial charge in [-0.05, 0) is 38.1 Å². The number of amides is 2. The smallest absolute Gasteiger partial charge is 0.415 e. The van der Waals surface area contributed by atoms with E-state index in [9.17, 15) is 9.59 Å². The van der Waals surface area contributed by atoms with Gasteiger partial charge < -0.3 is 20.3 Å². The molecule has 2 atom stereocenters. The molecule has 1 N–H and O–H groups in total. The van der Waals surface area contributed by atoms with Gasteiger partial charge in [-0.25, -0.2) is 4.79 Å². The molecule has 4 rings (SSSR count). The number of likely N-dealkylation sites (tertiary alicyclic amines) is 1. The van der Waals surface area contributed by atoms with Crippen LogP contribution in [0.2, 0.25) is 0 Å². The third-order valence-electron chi connectivity index (χ3n) is 6.33. The summed E-state index contributed by atoms with van der Waals surface area (Å²) in [5.41, 5.74) is 3.17. The van der Waals surface area contributed by atoms with Gasteiger partial charge in [0.05, 0.1) is 0 Å². The average Bonchev–Trinajstić information content (AvgIpc) is 2.78. The van der Waals surface area contributed by atoms with Crippen LogP contribution in [0, 0.1) is 0 Å². The molecule has 0 saturated carbocycles. The molecule has 0 aromatic heterocycles. The summed E-state index contributed by atoms with van der Waals surface area (Å²) in [6, 6.07) is 8.89. The van der Waals surface area contributed by atoms with Gasteiger partial charge in [-0.2, -0.15) is 6.20 Å². The van der Waals surface area contributed by atoms with Crippen LogP contribution in [0.3, 0.4) is 0 Å². The van der Waals surface area contributed by atoms with Crippen LogP contribution in [-0.4, -0.2) is 78.2 Å². The Morgan fingerprint density at radius 1 is 1.39 bits per heavy atom. The number of fused-ring (bicyclic) bond motifs is 1. The second-order valence-electron chi connectivity index (χ2n) is 8.57. The van der Waals surface area contributed by atoms with Crippen molar-refractivity contribution in [1.29, 1.82) is 0 Å². The molecule has 2 saturated heterocycles. The number of carbonyl (C=O) groups is 2. The fraction of sp³-hybridized carbons (Fsp3) is 0.458. The van der Waals surface area contributed by atoms with Crippen molar-refractivity contribution in [2.45, 2.75) is 38.8 Å². The van der Waals surface area contributed by atoms with Gasteiger partial charge in [0, 0.05) is 50.1 Å². The van der Waals surface area contributed by atoms with E-state index in [2.05, 4.69) is 65.3 Å². The Bertz CT molecular complexity index is 967. The molecule has 0 radical (unpaired) electrons. The molecule has 33 heavy (non-hydrogen) atoms. The van der Waals surface area contributed by atoms with Gasteiger partial charge in [-0.15, -0.1) is 0 Å². The van der Waals surface area contributed by atoms with Crippen LogP contribution in [0.5, 0.6) is 0 Å². The Morgan fingerprint density at radius 2 is 2.12 bits per heavy atom. The third-order valence-corrected chi connectivity index (χ3v) is 6.33. The van der Waals surface area contributed by atoms with Crippen LogP contribution < -0.4 is 5.32 Å². The molecule has 0 spiro atoms. The molecule has 0 aliphatic carbocycles. The number of hydrogen-bond acceptors (Lipinski definition) is 6. The van der Waals surface area contributed by atoms with E-state index < -0.39 is 6.29 Å². The molecule has 3 aliphatic heterocycles. The number of carbonyl (C=O) groups excluding carboxylic acids is 2. The van der Waals surface area contributed by atoms with Crippen LogP contribution in [0.4, 0.5) is 4.79 Å². The summed E-state index contributed by atoms with van der Waals surface area (Å²) < 4.78 is 5.15. The van der Waals surface area contributed by atoms with Crippen LogP contribution in [0.1, 0.15) is 31.0 Å². The minimum Gasteiger partial charge on any atom is -0.657 e. The summed E-state index contributed by atoms with van der Waals surface area (Å²) >= 11 is 0. The number of ether oxygens (including phenoxy) is 1. The first-order valence-electron chi connectivity index (χ1n) is 11.3. The predicted molar refractivity (Wildman–Crippen MR) is 126 cm³/mol. The topological polar surface area (TPSA) is 91.6 Å². The van der Waals surface area contributed by atoms with E-state index in [1.165, 1.54) is 16.5 Å². The Hall–Kier alpha value is -3.17. The van der Waals surface area contributed by atoms with E-state index in [-0.39, 0.29) is 24.6 Å². The maximum Gasteiger partial charge on any atom is 0.415 e. The molecular formula is C24H31N6O3-. The lowest BCUT2D eigenvalue weighted by atomic mass is 10.0. The standard InChI is InChI=1S/C24H31N6O3/c1-5-21(31)29-13-20(14-29)28(4)12-17-7-9-18(10-8-17)16(3)26-23-25-11-19-15-33-24(32)30(6-2)22(19)27-23/h5,7-11,16,20,23,26H,1,6,12-15H2,2-4H3/q-1/t16-,23?/m0/s1. The molecule has 176 valence electrons. The number of amidine groups is 1. The minimum atomic E-state index is -0.454. The maximum absolute atomic E-state index is 12.0. The highest BCUT2D eigenvalue weighted by Gasteiger charge is 2.32. The zero-order valence-electron chi connectivity index (χ0n) is 19.4. The van der Waals surface area contributed by atoms with E-state index in [1.807, 2.05) is 6.92 Å². The number of rotatable bonds is 8. The normalized spacial score (nSPS) is 21.3. The van der Waals surface area contributed by atoms with Gasteiger partial charge in [0.25, 0.3) is 0 Å². The minimum absolute atomic E-state index is 0.00198. The van der Waals surface area contributed by atoms with Crippen molar-refractivity contribution in [1.82, 2.24) is 20.0 Å². The van der Waals surface area contributed by atoms with E-state index in [1.54, 1.807) is 11.1 Å². The first-order chi connectivity index (χ1) is 15.9. The molecular weight excluding hydrogens is 420 g/mol.